The van der Waals surface area contributed by atoms with Gasteiger partial charge in [0.1, 0.15) is 5.82 Å². The molecule has 3 aromatic rings. The van der Waals surface area contributed by atoms with Crippen LogP contribution in [0.3, 0.4) is 0 Å². The van der Waals surface area contributed by atoms with Crippen molar-refractivity contribution >= 4 is 22.7 Å². The Labute approximate surface area is 159 Å². The minimum absolute atomic E-state index is 0.447. The van der Waals surface area contributed by atoms with E-state index in [9.17, 15) is 13.2 Å². The van der Waals surface area contributed by atoms with Crippen molar-refractivity contribution in [3.63, 3.8) is 0 Å². The zero-order chi connectivity index (χ0) is 19.7. The van der Waals surface area contributed by atoms with Gasteiger partial charge in [-0.1, -0.05) is 19.1 Å². The molecule has 28 heavy (non-hydrogen) atoms. The molecule has 5 nitrogen and oxygen atoms in total. The topological polar surface area (TPSA) is 42.7 Å². The van der Waals surface area contributed by atoms with Crippen molar-refractivity contribution in [3.05, 3.63) is 66.4 Å². The van der Waals surface area contributed by atoms with Gasteiger partial charge in [-0.25, -0.2) is 14.4 Å². The summed E-state index contributed by atoms with van der Waals surface area (Å²) in [5.41, 5.74) is 2.20. The second-order valence-electron chi connectivity index (χ2n) is 6.12. The van der Waals surface area contributed by atoms with E-state index in [0.717, 1.165) is 22.9 Å². The lowest BCUT2D eigenvalue weighted by molar-refractivity contribution is -0.0521. The third kappa shape index (κ3) is 3.21. The number of halogens is 3. The summed E-state index contributed by atoms with van der Waals surface area (Å²) in [5.74, 6) is 0.0263. The van der Waals surface area contributed by atoms with Gasteiger partial charge in [-0.2, -0.15) is 8.78 Å². The average Bonchev–Trinajstić information content (AvgIpc) is 3.08. The normalized spacial score (nSPS) is 14.0. The number of nitrogens with zero attached hydrogens (tertiary/aromatic N) is 4. The summed E-state index contributed by atoms with van der Waals surface area (Å²) in [6, 6.07) is 11.6. The Hall–Kier alpha value is -3.29. The molecule has 0 amide bonds. The smallest absolute Gasteiger partial charge is 0.387 e. The highest BCUT2D eigenvalue weighted by molar-refractivity contribution is 6.03. The summed E-state index contributed by atoms with van der Waals surface area (Å²) in [6.07, 6.45) is 4.20. The monoisotopic (exact) mass is 386 g/mol. The SMILES string of the molecule is CCc1nc2ccccc2n1C1=NC=CCN1c1ccc(OC(F)F)c(F)c1. The van der Waals surface area contributed by atoms with Crippen molar-refractivity contribution in [2.75, 3.05) is 11.4 Å². The van der Waals surface area contributed by atoms with Gasteiger partial charge in [-0.15, -0.1) is 0 Å². The van der Waals surface area contributed by atoms with Crippen LogP contribution in [0.4, 0.5) is 18.9 Å². The fourth-order valence-corrected chi connectivity index (χ4v) is 3.21. The number of rotatable bonds is 4. The number of aryl methyl sites for hydroxylation is 1. The molecule has 0 unspecified atom stereocenters. The summed E-state index contributed by atoms with van der Waals surface area (Å²) in [4.78, 5) is 10.9. The Morgan fingerprint density at radius 2 is 2.00 bits per heavy atom. The maximum absolute atomic E-state index is 14.3. The maximum Gasteiger partial charge on any atom is 0.387 e. The fraction of sp³-hybridized carbons (Fsp3) is 0.200. The fourth-order valence-electron chi connectivity index (χ4n) is 3.21. The predicted molar refractivity (Wildman–Crippen MR) is 101 cm³/mol. The van der Waals surface area contributed by atoms with Gasteiger partial charge in [0.05, 0.1) is 11.0 Å². The van der Waals surface area contributed by atoms with Gasteiger partial charge in [-0.05, 0) is 30.3 Å². The minimum Gasteiger partial charge on any atom is -0.432 e. The van der Waals surface area contributed by atoms with Crippen molar-refractivity contribution in [2.45, 2.75) is 20.0 Å². The van der Waals surface area contributed by atoms with Crippen LogP contribution in [0.15, 0.2) is 59.7 Å². The average molecular weight is 386 g/mol. The van der Waals surface area contributed by atoms with Gasteiger partial charge < -0.3 is 9.64 Å². The lowest BCUT2D eigenvalue weighted by Crippen LogP contribution is -2.38. The zero-order valence-corrected chi connectivity index (χ0v) is 15.0. The molecule has 8 heteroatoms. The molecule has 0 radical (unpaired) electrons. The van der Waals surface area contributed by atoms with E-state index in [2.05, 4.69) is 14.7 Å². The highest BCUT2D eigenvalue weighted by Crippen LogP contribution is 2.28. The van der Waals surface area contributed by atoms with E-state index < -0.39 is 18.2 Å². The van der Waals surface area contributed by atoms with Crippen LogP contribution in [0.2, 0.25) is 0 Å². The quantitative estimate of drug-likeness (QED) is 0.659. The summed E-state index contributed by atoms with van der Waals surface area (Å²) < 4.78 is 45.2. The number of fused-ring (bicyclic) bond motifs is 1. The van der Waals surface area contributed by atoms with Crippen molar-refractivity contribution < 1.29 is 17.9 Å². The second kappa shape index (κ2) is 7.38. The molecule has 0 fully saturated rings. The molecule has 1 aliphatic heterocycles. The van der Waals surface area contributed by atoms with Crippen LogP contribution in [0.1, 0.15) is 12.7 Å². The van der Waals surface area contributed by atoms with Crippen LogP contribution in [0.5, 0.6) is 5.75 Å². The van der Waals surface area contributed by atoms with E-state index in [1.54, 1.807) is 11.1 Å². The Kier molecular flexibility index (Phi) is 4.77. The van der Waals surface area contributed by atoms with E-state index in [0.29, 0.717) is 24.6 Å². The molecule has 0 spiro atoms. The first-order valence-electron chi connectivity index (χ1n) is 8.80. The van der Waals surface area contributed by atoms with Gasteiger partial charge in [0.2, 0.25) is 5.96 Å². The lowest BCUT2D eigenvalue weighted by atomic mass is 10.2. The van der Waals surface area contributed by atoms with Crippen LogP contribution in [-0.4, -0.2) is 28.7 Å². The molecule has 2 heterocycles. The molecule has 0 saturated heterocycles. The first-order chi connectivity index (χ1) is 13.6. The predicted octanol–water partition coefficient (Wildman–Crippen LogP) is 4.58. The van der Waals surface area contributed by atoms with Gasteiger partial charge >= 0.3 is 6.61 Å². The molecule has 4 rings (SSSR count). The van der Waals surface area contributed by atoms with Gasteiger partial charge in [0, 0.05) is 30.9 Å². The van der Waals surface area contributed by atoms with Crippen molar-refractivity contribution in [1.82, 2.24) is 9.55 Å². The number of hydrogen-bond acceptors (Lipinski definition) is 4. The van der Waals surface area contributed by atoms with E-state index >= 15 is 0 Å². The van der Waals surface area contributed by atoms with Gasteiger partial charge in [0.15, 0.2) is 11.6 Å². The summed E-state index contributed by atoms with van der Waals surface area (Å²) in [5, 5.41) is 0. The molecule has 0 aliphatic carbocycles. The summed E-state index contributed by atoms with van der Waals surface area (Å²) >= 11 is 0. The Morgan fingerprint density at radius 1 is 1.18 bits per heavy atom. The third-order valence-electron chi connectivity index (χ3n) is 4.41. The van der Waals surface area contributed by atoms with Crippen molar-refractivity contribution in [3.8, 4) is 5.75 Å². The molecule has 1 aromatic heterocycles. The lowest BCUT2D eigenvalue weighted by Gasteiger charge is -2.28. The number of aliphatic imine (C=N–C) groups is 1. The summed E-state index contributed by atoms with van der Waals surface area (Å²) in [7, 11) is 0. The standard InChI is InChI=1S/C20H17F3N4O/c1-2-18-25-15-6-3-4-7-16(15)27(18)20-24-10-5-11-26(20)13-8-9-17(14(21)12-13)28-19(22)23/h3-10,12,19H,2,11H2,1H3. The number of hydrogen-bond donors (Lipinski definition) is 0. The van der Waals surface area contributed by atoms with E-state index in [4.69, 9.17) is 0 Å². The Bertz CT molecular complexity index is 1070. The molecular weight excluding hydrogens is 369 g/mol. The number of para-hydroxylation sites is 2. The maximum atomic E-state index is 14.3. The first-order valence-corrected chi connectivity index (χ1v) is 8.80. The number of benzene rings is 2. The van der Waals surface area contributed by atoms with Crippen LogP contribution in [0, 0.1) is 5.82 Å². The van der Waals surface area contributed by atoms with E-state index in [1.807, 2.05) is 41.8 Å². The molecule has 0 bridgehead atoms. The number of imidazole rings is 1. The van der Waals surface area contributed by atoms with Crippen LogP contribution in [-0.2, 0) is 6.42 Å². The highest BCUT2D eigenvalue weighted by Gasteiger charge is 2.23. The largest absolute Gasteiger partial charge is 0.432 e. The summed E-state index contributed by atoms with van der Waals surface area (Å²) in [6.45, 7) is -0.639. The molecule has 2 aromatic carbocycles. The Morgan fingerprint density at radius 3 is 2.75 bits per heavy atom. The van der Waals surface area contributed by atoms with E-state index in [-0.39, 0.29) is 0 Å². The van der Waals surface area contributed by atoms with Crippen LogP contribution < -0.4 is 9.64 Å². The molecular formula is C20H17F3N4O. The number of alkyl halides is 2. The van der Waals surface area contributed by atoms with Crippen molar-refractivity contribution in [2.24, 2.45) is 4.99 Å². The van der Waals surface area contributed by atoms with Crippen molar-refractivity contribution in [1.29, 1.82) is 0 Å². The molecule has 1 aliphatic rings. The third-order valence-corrected chi connectivity index (χ3v) is 4.41. The van der Waals surface area contributed by atoms with Gasteiger partial charge in [0.25, 0.3) is 0 Å². The Balaban J connectivity index is 1.79. The second-order valence-corrected chi connectivity index (χ2v) is 6.12. The molecule has 144 valence electrons. The number of ether oxygens (including phenoxy) is 1. The number of aromatic nitrogens is 2. The first kappa shape index (κ1) is 18.1. The zero-order valence-electron chi connectivity index (χ0n) is 15.0. The molecule has 0 saturated carbocycles. The van der Waals surface area contributed by atoms with Crippen LogP contribution >= 0.6 is 0 Å². The van der Waals surface area contributed by atoms with E-state index in [1.165, 1.54) is 12.1 Å². The number of anilines is 1. The molecule has 0 N–H and O–H groups in total. The van der Waals surface area contributed by atoms with Gasteiger partial charge in [-0.3, -0.25) is 4.57 Å². The molecule has 0 atom stereocenters. The van der Waals surface area contributed by atoms with Crippen LogP contribution in [0.25, 0.3) is 11.0 Å². The minimum atomic E-state index is -3.08. The highest BCUT2D eigenvalue weighted by atomic mass is 19.3.